The predicted molar refractivity (Wildman–Crippen MR) is 106 cm³/mol. The molecule has 2 N–H and O–H groups in total. The molecule has 0 spiro atoms. The van der Waals surface area contributed by atoms with Crippen molar-refractivity contribution in [1.82, 2.24) is 20.3 Å². The van der Waals surface area contributed by atoms with Crippen LogP contribution in [-0.4, -0.2) is 41.1 Å². The molecule has 152 valence electrons. The highest BCUT2D eigenvalue weighted by Gasteiger charge is 2.37. The maximum Gasteiger partial charge on any atom is 0.434 e. The van der Waals surface area contributed by atoms with E-state index in [4.69, 9.17) is 11.6 Å². The van der Waals surface area contributed by atoms with Gasteiger partial charge in [0.15, 0.2) is 5.69 Å². The fraction of sp³-hybridized carbons (Fsp3) is 0.316. The van der Waals surface area contributed by atoms with Crippen LogP contribution in [0.3, 0.4) is 0 Å². The lowest BCUT2D eigenvalue weighted by molar-refractivity contribution is -0.141. The van der Waals surface area contributed by atoms with Crippen molar-refractivity contribution in [2.24, 2.45) is 0 Å². The van der Waals surface area contributed by atoms with Gasteiger partial charge in [0.1, 0.15) is 0 Å². The third-order valence-electron chi connectivity index (χ3n) is 4.71. The van der Waals surface area contributed by atoms with E-state index in [1.165, 1.54) is 6.20 Å². The molecule has 0 amide bonds. The number of anilines is 2. The minimum Gasteiger partial charge on any atom is -0.378 e. The van der Waals surface area contributed by atoms with Crippen LogP contribution >= 0.6 is 11.6 Å². The number of alkyl halides is 3. The summed E-state index contributed by atoms with van der Waals surface area (Å²) in [7, 11) is 0. The third-order valence-corrected chi connectivity index (χ3v) is 5.07. The quantitative estimate of drug-likeness (QED) is 0.668. The summed E-state index contributed by atoms with van der Waals surface area (Å²) in [6.45, 7) is 2.84. The van der Waals surface area contributed by atoms with Crippen molar-refractivity contribution in [3.8, 4) is 0 Å². The van der Waals surface area contributed by atoms with Crippen molar-refractivity contribution < 1.29 is 13.2 Å². The lowest BCUT2D eigenvalue weighted by Gasteiger charge is -2.32. The van der Waals surface area contributed by atoms with Gasteiger partial charge in [0.05, 0.1) is 33.6 Å². The molecule has 4 rings (SSSR count). The fourth-order valence-electron chi connectivity index (χ4n) is 3.32. The molecule has 29 heavy (non-hydrogen) atoms. The number of aromatic nitrogens is 3. The van der Waals surface area contributed by atoms with Crippen LogP contribution in [0.25, 0.3) is 11.0 Å². The summed E-state index contributed by atoms with van der Waals surface area (Å²) < 4.78 is 39.9. The van der Waals surface area contributed by atoms with E-state index < -0.39 is 11.9 Å². The van der Waals surface area contributed by atoms with E-state index in [9.17, 15) is 13.2 Å². The summed E-state index contributed by atoms with van der Waals surface area (Å²) in [6, 6.07) is 5.64. The number of fused-ring (bicyclic) bond motifs is 1. The smallest absolute Gasteiger partial charge is 0.378 e. The summed E-state index contributed by atoms with van der Waals surface area (Å²) in [4.78, 5) is 13.9. The molecule has 1 saturated heterocycles. The zero-order valence-corrected chi connectivity index (χ0v) is 16.1. The first kappa shape index (κ1) is 19.7. The number of piperazine rings is 1. The Bertz CT molecular complexity index is 1020. The first-order chi connectivity index (χ1) is 13.9. The van der Waals surface area contributed by atoms with E-state index in [-0.39, 0.29) is 5.02 Å². The van der Waals surface area contributed by atoms with E-state index >= 15 is 0 Å². The molecule has 0 unspecified atom stereocenters. The molecule has 0 aliphatic carbocycles. The monoisotopic (exact) mass is 422 g/mol. The van der Waals surface area contributed by atoms with E-state index in [2.05, 4.69) is 25.6 Å². The predicted octanol–water partition coefficient (Wildman–Crippen LogP) is 3.72. The molecule has 6 nitrogen and oxygen atoms in total. The molecule has 1 fully saturated rings. The largest absolute Gasteiger partial charge is 0.434 e. The Morgan fingerprint density at radius 1 is 1.07 bits per heavy atom. The fourth-order valence-corrected chi connectivity index (χ4v) is 3.70. The molecule has 3 heterocycles. The van der Waals surface area contributed by atoms with Gasteiger partial charge in [-0.25, -0.2) is 4.98 Å². The molecule has 10 heteroatoms. The van der Waals surface area contributed by atoms with Crippen molar-refractivity contribution >= 4 is 34.0 Å². The van der Waals surface area contributed by atoms with Crippen LogP contribution in [0.4, 0.5) is 24.5 Å². The van der Waals surface area contributed by atoms with Gasteiger partial charge in [-0.05, 0) is 17.7 Å². The summed E-state index contributed by atoms with van der Waals surface area (Å²) >= 11 is 6.19. The van der Waals surface area contributed by atoms with Crippen LogP contribution in [0.5, 0.6) is 0 Å². The Morgan fingerprint density at radius 2 is 1.79 bits per heavy atom. The summed E-state index contributed by atoms with van der Waals surface area (Å²) in [5.74, 6) is 0. The van der Waals surface area contributed by atoms with Crippen LogP contribution in [0.2, 0.25) is 5.02 Å². The number of halogens is 4. The number of rotatable bonds is 4. The Kier molecular flexibility index (Phi) is 5.42. The molecule has 1 aromatic carbocycles. The van der Waals surface area contributed by atoms with Crippen LogP contribution < -0.4 is 15.5 Å². The minimum atomic E-state index is -4.62. The van der Waals surface area contributed by atoms with Crippen LogP contribution in [0.15, 0.2) is 36.8 Å². The number of nitrogens with one attached hydrogen (secondary N) is 2. The maximum absolute atomic E-state index is 13.3. The van der Waals surface area contributed by atoms with Crippen molar-refractivity contribution in [2.75, 3.05) is 36.4 Å². The van der Waals surface area contributed by atoms with Gasteiger partial charge in [0, 0.05) is 45.1 Å². The van der Waals surface area contributed by atoms with Gasteiger partial charge in [-0.1, -0.05) is 17.7 Å². The highest BCUT2D eigenvalue weighted by Crippen LogP contribution is 2.42. The van der Waals surface area contributed by atoms with Gasteiger partial charge >= 0.3 is 6.18 Å². The summed E-state index contributed by atoms with van der Waals surface area (Å²) in [5.41, 5.74) is 2.16. The standard InChI is InChI=1S/C19H18ClF3N6/c20-16-17(29-7-5-24-6-8-29)15(11-28-18(16)19(21,22)23)27-10-12-1-2-13-14(9-12)26-4-3-25-13/h1-4,9,11,24,27H,5-8,10H2. The van der Waals surface area contributed by atoms with E-state index in [1.807, 2.05) is 23.1 Å². The lowest BCUT2D eigenvalue weighted by atomic mass is 10.1. The number of pyridine rings is 1. The van der Waals surface area contributed by atoms with Gasteiger partial charge in [-0.3, -0.25) is 9.97 Å². The zero-order valence-electron chi connectivity index (χ0n) is 15.3. The highest BCUT2D eigenvalue weighted by molar-refractivity contribution is 6.34. The second kappa shape index (κ2) is 8.00. The topological polar surface area (TPSA) is 66.0 Å². The molecular weight excluding hydrogens is 405 g/mol. The van der Waals surface area contributed by atoms with Gasteiger partial charge in [0.2, 0.25) is 0 Å². The van der Waals surface area contributed by atoms with Gasteiger partial charge < -0.3 is 15.5 Å². The molecular formula is C19H18ClF3N6. The van der Waals surface area contributed by atoms with Gasteiger partial charge in [-0.2, -0.15) is 13.2 Å². The highest BCUT2D eigenvalue weighted by atomic mass is 35.5. The van der Waals surface area contributed by atoms with Gasteiger partial charge in [0.25, 0.3) is 0 Å². The Balaban J connectivity index is 1.65. The molecule has 0 bridgehead atoms. The molecule has 0 atom stereocenters. The second-order valence-corrected chi connectivity index (χ2v) is 7.03. The van der Waals surface area contributed by atoms with Crippen molar-refractivity contribution in [2.45, 2.75) is 12.7 Å². The normalized spacial score (nSPS) is 15.0. The van der Waals surface area contributed by atoms with Crippen molar-refractivity contribution in [1.29, 1.82) is 0 Å². The van der Waals surface area contributed by atoms with E-state index in [1.54, 1.807) is 12.4 Å². The molecule has 3 aromatic rings. The number of hydrogen-bond acceptors (Lipinski definition) is 6. The third kappa shape index (κ3) is 4.20. The van der Waals surface area contributed by atoms with Gasteiger partial charge in [-0.15, -0.1) is 0 Å². The SMILES string of the molecule is FC(F)(F)c1ncc(NCc2ccc3nccnc3c2)c(N2CCNCC2)c1Cl. The second-order valence-electron chi connectivity index (χ2n) is 6.65. The lowest BCUT2D eigenvalue weighted by Crippen LogP contribution is -2.44. The number of hydrogen-bond donors (Lipinski definition) is 2. The molecule has 0 radical (unpaired) electrons. The average Bonchev–Trinajstić information content (AvgIpc) is 2.71. The molecule has 2 aromatic heterocycles. The number of benzene rings is 1. The summed E-state index contributed by atoms with van der Waals surface area (Å²) in [5, 5.41) is 5.99. The average molecular weight is 423 g/mol. The Hall–Kier alpha value is -2.65. The molecule has 0 saturated carbocycles. The first-order valence-electron chi connectivity index (χ1n) is 9.08. The van der Waals surface area contributed by atoms with Crippen molar-refractivity contribution in [3.05, 3.63) is 53.1 Å². The van der Waals surface area contributed by atoms with Crippen LogP contribution in [0, 0.1) is 0 Å². The zero-order chi connectivity index (χ0) is 20.4. The Morgan fingerprint density at radius 3 is 2.52 bits per heavy atom. The van der Waals surface area contributed by atoms with Crippen LogP contribution in [0.1, 0.15) is 11.3 Å². The summed E-state index contributed by atoms with van der Waals surface area (Å²) in [6.07, 6.45) is -0.181. The first-order valence-corrected chi connectivity index (χ1v) is 9.46. The van der Waals surface area contributed by atoms with Crippen LogP contribution in [-0.2, 0) is 12.7 Å². The Labute approximate surface area is 170 Å². The van der Waals surface area contributed by atoms with Crippen molar-refractivity contribution in [3.63, 3.8) is 0 Å². The van der Waals surface area contributed by atoms with E-state index in [0.717, 1.165) is 16.6 Å². The van der Waals surface area contributed by atoms with E-state index in [0.29, 0.717) is 44.1 Å². The number of nitrogens with zero attached hydrogens (tertiary/aromatic N) is 4. The molecule has 1 aliphatic rings. The minimum absolute atomic E-state index is 0.330. The maximum atomic E-state index is 13.3. The molecule has 1 aliphatic heterocycles.